The minimum atomic E-state index is 0.111. The van der Waals surface area contributed by atoms with Crippen LogP contribution in [-0.2, 0) is 0 Å². The summed E-state index contributed by atoms with van der Waals surface area (Å²) >= 11 is 0. The monoisotopic (exact) mass is 289 g/mol. The van der Waals surface area contributed by atoms with Gasteiger partial charge >= 0.3 is 0 Å². The molecule has 7 nitrogen and oxygen atoms in total. The molecule has 114 valence electrons. The molecular formula is C14H23N7. The molecule has 0 amide bonds. The van der Waals surface area contributed by atoms with Gasteiger partial charge in [0.2, 0.25) is 17.8 Å². The van der Waals surface area contributed by atoms with Crippen molar-refractivity contribution in [3.63, 3.8) is 0 Å². The fraction of sp³-hybridized carbons (Fsp3) is 0.571. The molecule has 0 spiro atoms. The number of anilines is 2. The number of nitrogens with zero attached hydrogens (tertiary/aromatic N) is 5. The number of hydrogen-bond donors (Lipinski definition) is 2. The van der Waals surface area contributed by atoms with Gasteiger partial charge in [0.15, 0.2) is 0 Å². The fourth-order valence-corrected chi connectivity index (χ4v) is 1.57. The first-order valence-electron chi connectivity index (χ1n) is 7.15. The van der Waals surface area contributed by atoms with E-state index in [1.807, 2.05) is 13.1 Å². The summed E-state index contributed by atoms with van der Waals surface area (Å²) in [6, 6.07) is 0.227. The lowest BCUT2D eigenvalue weighted by Crippen LogP contribution is -2.32. The van der Waals surface area contributed by atoms with Crippen LogP contribution in [0.3, 0.4) is 0 Å². The second kappa shape index (κ2) is 6.07. The van der Waals surface area contributed by atoms with Crippen molar-refractivity contribution in [1.82, 2.24) is 24.5 Å². The van der Waals surface area contributed by atoms with Crippen molar-refractivity contribution < 1.29 is 0 Å². The topological polar surface area (TPSA) is 80.5 Å². The first-order chi connectivity index (χ1) is 9.90. The lowest BCUT2D eigenvalue weighted by atomic mass is 9.88. The predicted molar refractivity (Wildman–Crippen MR) is 83.7 cm³/mol. The van der Waals surface area contributed by atoms with E-state index >= 15 is 0 Å². The second-order valence-corrected chi connectivity index (χ2v) is 6.01. The van der Waals surface area contributed by atoms with Crippen molar-refractivity contribution in [2.24, 2.45) is 5.41 Å². The Hall–Kier alpha value is -2.18. The number of imidazole rings is 1. The summed E-state index contributed by atoms with van der Waals surface area (Å²) in [6.45, 7) is 11.4. The molecule has 0 radical (unpaired) electrons. The van der Waals surface area contributed by atoms with Gasteiger partial charge in [-0.25, -0.2) is 4.98 Å². The first-order valence-corrected chi connectivity index (χ1v) is 7.15. The van der Waals surface area contributed by atoms with Crippen LogP contribution in [0.1, 0.15) is 34.6 Å². The van der Waals surface area contributed by atoms with Crippen LogP contribution in [0.5, 0.6) is 0 Å². The molecule has 0 saturated carbocycles. The Morgan fingerprint density at radius 3 is 2.48 bits per heavy atom. The van der Waals surface area contributed by atoms with E-state index in [-0.39, 0.29) is 11.5 Å². The van der Waals surface area contributed by atoms with Gasteiger partial charge in [0, 0.05) is 25.0 Å². The summed E-state index contributed by atoms with van der Waals surface area (Å²) in [5, 5.41) is 6.47. The van der Waals surface area contributed by atoms with Crippen molar-refractivity contribution in [3.8, 4) is 5.95 Å². The van der Waals surface area contributed by atoms with Gasteiger partial charge in [-0.3, -0.25) is 4.57 Å². The molecular weight excluding hydrogens is 266 g/mol. The molecule has 0 bridgehead atoms. The molecule has 21 heavy (non-hydrogen) atoms. The highest BCUT2D eigenvalue weighted by molar-refractivity contribution is 5.38. The van der Waals surface area contributed by atoms with Crippen molar-refractivity contribution in [1.29, 1.82) is 0 Å². The molecule has 0 saturated heterocycles. The SMILES string of the molecule is CCNc1nc(NC(C)C(C)(C)C)nc(-n2ccnc2)n1. The maximum atomic E-state index is 4.46. The molecule has 0 fully saturated rings. The van der Waals surface area contributed by atoms with E-state index in [0.29, 0.717) is 17.8 Å². The van der Waals surface area contributed by atoms with E-state index in [1.165, 1.54) is 0 Å². The minimum Gasteiger partial charge on any atom is -0.354 e. The molecule has 2 N–H and O–H groups in total. The molecule has 2 aromatic rings. The molecule has 0 aliphatic carbocycles. The van der Waals surface area contributed by atoms with Crippen molar-refractivity contribution >= 4 is 11.9 Å². The highest BCUT2D eigenvalue weighted by Crippen LogP contribution is 2.22. The van der Waals surface area contributed by atoms with Gasteiger partial charge in [-0.05, 0) is 19.3 Å². The third-order valence-corrected chi connectivity index (χ3v) is 3.34. The largest absolute Gasteiger partial charge is 0.354 e. The van der Waals surface area contributed by atoms with E-state index in [1.54, 1.807) is 17.1 Å². The van der Waals surface area contributed by atoms with Crippen molar-refractivity contribution in [2.75, 3.05) is 17.2 Å². The summed E-state index contributed by atoms with van der Waals surface area (Å²) in [6.07, 6.45) is 5.17. The zero-order valence-corrected chi connectivity index (χ0v) is 13.3. The van der Waals surface area contributed by atoms with E-state index in [0.717, 1.165) is 6.54 Å². The van der Waals surface area contributed by atoms with Crippen LogP contribution < -0.4 is 10.6 Å². The van der Waals surface area contributed by atoms with Gasteiger partial charge in [-0.1, -0.05) is 20.8 Å². The van der Waals surface area contributed by atoms with Crippen LogP contribution in [0.25, 0.3) is 5.95 Å². The van der Waals surface area contributed by atoms with Crippen LogP contribution in [-0.4, -0.2) is 37.1 Å². The average molecular weight is 289 g/mol. The van der Waals surface area contributed by atoms with Gasteiger partial charge in [0.25, 0.3) is 0 Å². The smallest absolute Gasteiger partial charge is 0.241 e. The maximum absolute atomic E-state index is 4.46. The molecule has 2 rings (SSSR count). The minimum absolute atomic E-state index is 0.111. The van der Waals surface area contributed by atoms with E-state index in [9.17, 15) is 0 Å². The molecule has 0 aromatic carbocycles. The molecule has 0 aliphatic heterocycles. The highest BCUT2D eigenvalue weighted by atomic mass is 15.3. The van der Waals surface area contributed by atoms with E-state index < -0.39 is 0 Å². The van der Waals surface area contributed by atoms with E-state index in [4.69, 9.17) is 0 Å². The first kappa shape index (κ1) is 15.2. The van der Waals surface area contributed by atoms with Crippen LogP contribution in [0.15, 0.2) is 18.7 Å². The van der Waals surface area contributed by atoms with Gasteiger partial charge in [-0.2, -0.15) is 15.0 Å². The second-order valence-electron chi connectivity index (χ2n) is 6.01. The summed E-state index contributed by atoms with van der Waals surface area (Å²) in [7, 11) is 0. The molecule has 0 aliphatic rings. The zero-order valence-electron chi connectivity index (χ0n) is 13.3. The Labute approximate surface area is 125 Å². The van der Waals surface area contributed by atoms with Crippen molar-refractivity contribution in [3.05, 3.63) is 18.7 Å². The average Bonchev–Trinajstić information content (AvgIpc) is 2.91. The Morgan fingerprint density at radius 2 is 1.90 bits per heavy atom. The quantitative estimate of drug-likeness (QED) is 0.879. The van der Waals surface area contributed by atoms with E-state index in [2.05, 4.69) is 58.3 Å². The van der Waals surface area contributed by atoms with Crippen LogP contribution >= 0.6 is 0 Å². The third-order valence-electron chi connectivity index (χ3n) is 3.34. The fourth-order valence-electron chi connectivity index (χ4n) is 1.57. The van der Waals surface area contributed by atoms with Crippen LogP contribution in [0.4, 0.5) is 11.9 Å². The lowest BCUT2D eigenvalue weighted by Gasteiger charge is -2.28. The van der Waals surface area contributed by atoms with Crippen LogP contribution in [0.2, 0.25) is 0 Å². The summed E-state index contributed by atoms with van der Waals surface area (Å²) in [4.78, 5) is 17.3. The highest BCUT2D eigenvalue weighted by Gasteiger charge is 2.21. The Bertz CT molecular complexity index is 572. The van der Waals surface area contributed by atoms with Gasteiger partial charge in [-0.15, -0.1) is 0 Å². The summed E-state index contributed by atoms with van der Waals surface area (Å²) in [5.41, 5.74) is 0.111. The number of aromatic nitrogens is 5. The van der Waals surface area contributed by atoms with Crippen molar-refractivity contribution in [2.45, 2.75) is 40.7 Å². The lowest BCUT2D eigenvalue weighted by molar-refractivity contribution is 0.358. The van der Waals surface area contributed by atoms with Gasteiger partial charge in [0.05, 0.1) is 0 Å². The standard InChI is InChI=1S/C14H23N7/c1-6-16-11-18-12(17-10(2)14(3,4)5)20-13(19-11)21-8-7-15-9-21/h7-10H,6H2,1-5H3,(H2,16,17,18,19,20). The Balaban J connectivity index is 2.32. The normalized spacial score (nSPS) is 13.0. The summed E-state index contributed by atoms with van der Waals surface area (Å²) < 4.78 is 1.76. The molecule has 7 heteroatoms. The molecule has 1 atom stereocenters. The van der Waals surface area contributed by atoms with Crippen LogP contribution in [0, 0.1) is 5.41 Å². The number of nitrogens with one attached hydrogen (secondary N) is 2. The summed E-state index contributed by atoms with van der Waals surface area (Å²) in [5.74, 6) is 1.66. The molecule has 2 heterocycles. The number of hydrogen-bond acceptors (Lipinski definition) is 6. The zero-order chi connectivity index (χ0) is 15.5. The third kappa shape index (κ3) is 3.90. The maximum Gasteiger partial charge on any atom is 0.241 e. The molecule has 2 aromatic heterocycles. The predicted octanol–water partition coefficient (Wildman–Crippen LogP) is 2.34. The molecule has 1 unspecified atom stereocenters. The van der Waals surface area contributed by atoms with Gasteiger partial charge in [0.1, 0.15) is 6.33 Å². The Kier molecular flexibility index (Phi) is 4.40. The van der Waals surface area contributed by atoms with Gasteiger partial charge < -0.3 is 10.6 Å². The Morgan fingerprint density at radius 1 is 1.19 bits per heavy atom. The number of rotatable bonds is 5.